The molecule has 1 nitrogen and oxygen atoms in total. The maximum atomic E-state index is 6.09. The minimum atomic E-state index is 0. The van der Waals surface area contributed by atoms with Crippen LogP contribution in [0.15, 0.2) is 18.2 Å². The van der Waals surface area contributed by atoms with Crippen LogP contribution >= 0.6 is 35.6 Å². The SMILES string of the molecule is Cl.Clc1ccc(Cl)c(C2CCNC2)c1. The molecule has 2 rings (SSSR count). The molecule has 1 aliphatic rings. The summed E-state index contributed by atoms with van der Waals surface area (Å²) in [7, 11) is 0. The van der Waals surface area contributed by atoms with Gasteiger partial charge >= 0.3 is 0 Å². The van der Waals surface area contributed by atoms with E-state index in [1.165, 1.54) is 5.56 Å². The Hall–Kier alpha value is 0.0500. The van der Waals surface area contributed by atoms with Gasteiger partial charge in [0, 0.05) is 16.6 Å². The third-order valence-electron chi connectivity index (χ3n) is 2.46. The van der Waals surface area contributed by atoms with Gasteiger partial charge in [-0.25, -0.2) is 0 Å². The van der Waals surface area contributed by atoms with Gasteiger partial charge in [-0.3, -0.25) is 0 Å². The molecule has 1 aromatic carbocycles. The molecule has 4 heteroatoms. The van der Waals surface area contributed by atoms with Gasteiger partial charge in [0.2, 0.25) is 0 Å². The van der Waals surface area contributed by atoms with Crippen molar-refractivity contribution in [3.05, 3.63) is 33.8 Å². The molecule has 0 saturated carbocycles. The second-order valence-corrected chi connectivity index (χ2v) is 4.20. The van der Waals surface area contributed by atoms with E-state index in [9.17, 15) is 0 Å². The van der Waals surface area contributed by atoms with E-state index in [2.05, 4.69) is 5.32 Å². The lowest BCUT2D eigenvalue weighted by Gasteiger charge is -2.10. The van der Waals surface area contributed by atoms with Gasteiger partial charge in [-0.15, -0.1) is 12.4 Å². The fourth-order valence-electron chi connectivity index (χ4n) is 1.75. The molecule has 1 unspecified atom stereocenters. The van der Waals surface area contributed by atoms with Crippen LogP contribution in [0.1, 0.15) is 17.9 Å². The molecule has 14 heavy (non-hydrogen) atoms. The van der Waals surface area contributed by atoms with E-state index in [0.29, 0.717) is 5.92 Å². The van der Waals surface area contributed by atoms with E-state index in [1.54, 1.807) is 0 Å². The van der Waals surface area contributed by atoms with E-state index in [1.807, 2.05) is 18.2 Å². The highest BCUT2D eigenvalue weighted by Crippen LogP contribution is 2.30. The third kappa shape index (κ3) is 2.54. The first-order valence-corrected chi connectivity index (χ1v) is 5.18. The topological polar surface area (TPSA) is 12.0 Å². The van der Waals surface area contributed by atoms with E-state index >= 15 is 0 Å². The molecular weight excluding hydrogens is 240 g/mol. The second-order valence-electron chi connectivity index (χ2n) is 3.36. The summed E-state index contributed by atoms with van der Waals surface area (Å²) in [5, 5.41) is 4.92. The molecule has 1 fully saturated rings. The molecule has 1 saturated heterocycles. The number of hydrogen-bond acceptors (Lipinski definition) is 1. The lowest BCUT2D eigenvalue weighted by Crippen LogP contribution is -2.08. The molecule has 0 radical (unpaired) electrons. The Labute approximate surface area is 100 Å². The first-order valence-electron chi connectivity index (χ1n) is 4.43. The van der Waals surface area contributed by atoms with Crippen molar-refractivity contribution in [2.45, 2.75) is 12.3 Å². The minimum absolute atomic E-state index is 0. The van der Waals surface area contributed by atoms with E-state index < -0.39 is 0 Å². The Kier molecular flexibility index (Phi) is 4.52. The highest BCUT2D eigenvalue weighted by molar-refractivity contribution is 6.33. The van der Waals surface area contributed by atoms with Crippen molar-refractivity contribution in [3.63, 3.8) is 0 Å². The molecule has 1 aromatic rings. The van der Waals surface area contributed by atoms with Crippen molar-refractivity contribution >= 4 is 35.6 Å². The van der Waals surface area contributed by atoms with Crippen LogP contribution in [0.25, 0.3) is 0 Å². The van der Waals surface area contributed by atoms with Crippen LogP contribution in [0.5, 0.6) is 0 Å². The molecule has 0 aliphatic carbocycles. The van der Waals surface area contributed by atoms with Crippen LogP contribution in [0.2, 0.25) is 10.0 Å². The maximum Gasteiger partial charge on any atom is 0.0442 e. The van der Waals surface area contributed by atoms with Crippen LogP contribution in [0.4, 0.5) is 0 Å². The van der Waals surface area contributed by atoms with Crippen molar-refractivity contribution in [3.8, 4) is 0 Å². The summed E-state index contributed by atoms with van der Waals surface area (Å²) in [6.07, 6.45) is 1.15. The van der Waals surface area contributed by atoms with Crippen molar-refractivity contribution in [1.82, 2.24) is 5.32 Å². The first-order chi connectivity index (χ1) is 6.27. The summed E-state index contributed by atoms with van der Waals surface area (Å²) in [6.45, 7) is 2.09. The Bertz CT molecular complexity index is 308. The van der Waals surface area contributed by atoms with E-state index in [4.69, 9.17) is 23.2 Å². The zero-order chi connectivity index (χ0) is 9.26. The smallest absolute Gasteiger partial charge is 0.0442 e. The van der Waals surface area contributed by atoms with Gasteiger partial charge in [0.25, 0.3) is 0 Å². The highest BCUT2D eigenvalue weighted by atomic mass is 35.5. The number of nitrogens with one attached hydrogen (secondary N) is 1. The lowest BCUT2D eigenvalue weighted by molar-refractivity contribution is 0.764. The average molecular weight is 253 g/mol. The van der Waals surface area contributed by atoms with Gasteiger partial charge in [0.15, 0.2) is 0 Å². The summed E-state index contributed by atoms with van der Waals surface area (Å²) >= 11 is 12.0. The van der Waals surface area contributed by atoms with Gasteiger partial charge in [-0.2, -0.15) is 0 Å². The van der Waals surface area contributed by atoms with Gasteiger partial charge in [0.1, 0.15) is 0 Å². The summed E-state index contributed by atoms with van der Waals surface area (Å²) in [5.41, 5.74) is 1.18. The molecule has 1 aliphatic heterocycles. The molecule has 78 valence electrons. The van der Waals surface area contributed by atoms with Crippen molar-refractivity contribution in [2.24, 2.45) is 0 Å². The average Bonchev–Trinajstić information content (AvgIpc) is 2.61. The standard InChI is InChI=1S/C10H11Cl2N.ClH/c11-8-1-2-10(12)9(5-8)7-3-4-13-6-7;/h1-2,5,7,13H,3-4,6H2;1H. The first kappa shape index (κ1) is 12.1. The zero-order valence-electron chi connectivity index (χ0n) is 7.59. The van der Waals surface area contributed by atoms with Crippen LogP contribution in [-0.4, -0.2) is 13.1 Å². The molecular formula is C10H12Cl3N. The predicted molar refractivity (Wildman–Crippen MR) is 63.9 cm³/mol. The summed E-state index contributed by atoms with van der Waals surface area (Å²) in [4.78, 5) is 0. The largest absolute Gasteiger partial charge is 0.316 e. The molecule has 0 spiro atoms. The monoisotopic (exact) mass is 251 g/mol. The van der Waals surface area contributed by atoms with E-state index in [0.717, 1.165) is 29.6 Å². The molecule has 1 N–H and O–H groups in total. The second kappa shape index (κ2) is 5.22. The number of hydrogen-bond donors (Lipinski definition) is 1. The van der Waals surface area contributed by atoms with Gasteiger partial charge in [0.05, 0.1) is 0 Å². The number of benzene rings is 1. The molecule has 0 aromatic heterocycles. The molecule has 1 atom stereocenters. The zero-order valence-corrected chi connectivity index (χ0v) is 9.92. The Morgan fingerprint density at radius 1 is 1.29 bits per heavy atom. The van der Waals surface area contributed by atoms with Gasteiger partial charge in [-0.05, 0) is 42.6 Å². The van der Waals surface area contributed by atoms with Crippen molar-refractivity contribution in [2.75, 3.05) is 13.1 Å². The van der Waals surface area contributed by atoms with Crippen molar-refractivity contribution < 1.29 is 0 Å². The molecule has 0 amide bonds. The van der Waals surface area contributed by atoms with Gasteiger partial charge < -0.3 is 5.32 Å². The molecule has 0 bridgehead atoms. The van der Waals surface area contributed by atoms with Crippen LogP contribution in [0, 0.1) is 0 Å². The van der Waals surface area contributed by atoms with Crippen LogP contribution in [-0.2, 0) is 0 Å². The minimum Gasteiger partial charge on any atom is -0.316 e. The predicted octanol–water partition coefficient (Wildman–Crippen LogP) is 3.49. The van der Waals surface area contributed by atoms with Crippen LogP contribution < -0.4 is 5.32 Å². The Morgan fingerprint density at radius 2 is 2.07 bits per heavy atom. The fourth-order valence-corrected chi connectivity index (χ4v) is 2.20. The van der Waals surface area contributed by atoms with Gasteiger partial charge in [-0.1, -0.05) is 23.2 Å². The Balaban J connectivity index is 0.000000980. The Morgan fingerprint density at radius 3 is 2.71 bits per heavy atom. The molecule has 1 heterocycles. The summed E-state index contributed by atoms with van der Waals surface area (Å²) < 4.78 is 0. The summed E-state index contributed by atoms with van der Waals surface area (Å²) in [5.74, 6) is 0.534. The lowest BCUT2D eigenvalue weighted by atomic mass is 9.98. The fraction of sp³-hybridized carbons (Fsp3) is 0.400. The van der Waals surface area contributed by atoms with Crippen molar-refractivity contribution in [1.29, 1.82) is 0 Å². The number of rotatable bonds is 1. The highest BCUT2D eigenvalue weighted by Gasteiger charge is 2.18. The maximum absolute atomic E-state index is 6.09. The summed E-state index contributed by atoms with van der Waals surface area (Å²) in [6, 6.07) is 5.68. The quantitative estimate of drug-likeness (QED) is 0.807. The van der Waals surface area contributed by atoms with E-state index in [-0.39, 0.29) is 12.4 Å². The normalized spacial score (nSPS) is 20.6. The third-order valence-corrected chi connectivity index (χ3v) is 3.04. The van der Waals surface area contributed by atoms with Crippen LogP contribution in [0.3, 0.4) is 0 Å². The number of halogens is 3.